The van der Waals surface area contributed by atoms with E-state index >= 15 is 0 Å². The number of halogens is 2. The number of aliphatic hydroxyl groups is 1. The third-order valence-corrected chi connectivity index (χ3v) is 14.3. The summed E-state index contributed by atoms with van der Waals surface area (Å²) in [6.07, 6.45) is 4.46. The number of pyridine rings is 3. The molecule has 2 radical (unpaired) electrons. The van der Waals surface area contributed by atoms with Crippen LogP contribution < -0.4 is 37.6 Å². The number of nitrogen functional groups attached to an aromatic ring is 2. The average Bonchev–Trinajstić information content (AvgIpc) is 3.56. The van der Waals surface area contributed by atoms with Crippen LogP contribution in [0.3, 0.4) is 0 Å². The molecule has 0 atom stereocenters. The SMILES string of the molecule is C.C.CC1=CC(C)(C)N(C)c2ccc3c(=O)c4ccc(N)cc4n(C)c3c21.CC1=CC(C)(C)N(C)c2ccc3c(=O)c4ccc([N+](=O)[O-])cc4n(C)c3c21.CCO.Nc1ccc2c(=O)c3ccc([N+](=O)[O-])cc3[nH]c2c1.[Cl][Sn][Cl]. The van der Waals surface area contributed by atoms with Crippen molar-refractivity contribution >= 4 is 147 Å². The molecule has 9 aromatic rings. The summed E-state index contributed by atoms with van der Waals surface area (Å²) in [6.45, 7) is 14.8. The molecule has 0 saturated heterocycles. The van der Waals surface area contributed by atoms with Gasteiger partial charge < -0.3 is 40.5 Å². The van der Waals surface area contributed by atoms with Crippen LogP contribution in [0, 0.1) is 20.2 Å². The van der Waals surface area contributed by atoms with Crippen molar-refractivity contribution in [2.24, 2.45) is 14.1 Å². The molecule has 6 N–H and O–H groups in total. The van der Waals surface area contributed by atoms with Crippen molar-refractivity contribution in [3.63, 3.8) is 0 Å². The van der Waals surface area contributed by atoms with E-state index < -0.39 is 28.7 Å². The van der Waals surface area contributed by atoms with Crippen LogP contribution in [-0.4, -0.2) is 79.7 Å². The zero-order valence-corrected chi connectivity index (χ0v) is 48.9. The molecule has 11 rings (SSSR count). The molecule has 3 aromatic heterocycles. The predicted octanol–water partition coefficient (Wildman–Crippen LogP) is 12.6. The van der Waals surface area contributed by atoms with Gasteiger partial charge in [-0.2, -0.15) is 0 Å². The Bertz CT molecular complexity index is 4150. The van der Waals surface area contributed by atoms with Crippen LogP contribution in [0.1, 0.15) is 74.4 Å². The number of likely N-dealkylation sites (N-methyl/N-ethyl adjacent to an activating group) is 2. The zero-order valence-electron chi connectivity index (χ0n) is 44.5. The summed E-state index contributed by atoms with van der Waals surface area (Å²) in [6, 6.07) is 26.8. The number of hydrogen-bond acceptors (Lipinski definition) is 12. The van der Waals surface area contributed by atoms with Crippen LogP contribution >= 0.6 is 17.8 Å². The average molecular weight is 1220 g/mol. The van der Waals surface area contributed by atoms with Gasteiger partial charge in [0.25, 0.3) is 11.4 Å². The van der Waals surface area contributed by atoms with Crippen LogP contribution in [0.5, 0.6) is 0 Å². The van der Waals surface area contributed by atoms with Gasteiger partial charge >= 0.3 is 36.7 Å². The molecule has 20 heteroatoms. The van der Waals surface area contributed by atoms with Crippen molar-refractivity contribution in [2.45, 2.75) is 74.4 Å². The number of aromatic nitrogens is 3. The topological polar surface area (TPSA) is 242 Å². The fourth-order valence-corrected chi connectivity index (χ4v) is 10.3. The predicted molar refractivity (Wildman–Crippen MR) is 334 cm³/mol. The molecule has 0 aliphatic carbocycles. The van der Waals surface area contributed by atoms with Gasteiger partial charge in [0.2, 0.25) is 0 Å². The van der Waals surface area contributed by atoms with Crippen LogP contribution in [0.4, 0.5) is 34.1 Å². The molecule has 2 aliphatic rings. The second kappa shape index (κ2) is 24.3. The van der Waals surface area contributed by atoms with E-state index in [1.54, 1.807) is 37.3 Å². The molecule has 0 unspecified atom stereocenters. The number of H-pyrrole nitrogens is 1. The monoisotopic (exact) mass is 1220 g/mol. The van der Waals surface area contributed by atoms with E-state index in [2.05, 4.69) is 86.2 Å². The number of nitrogens with zero attached hydrogens (tertiary/aromatic N) is 6. The number of nitrogens with one attached hydrogen (secondary N) is 1. The summed E-state index contributed by atoms with van der Waals surface area (Å²) in [4.78, 5) is 66.9. The number of rotatable bonds is 2. The van der Waals surface area contributed by atoms with Crippen molar-refractivity contribution in [3.05, 3.63) is 171 Å². The van der Waals surface area contributed by atoms with Crippen LogP contribution in [0.2, 0.25) is 0 Å². The molecule has 0 bridgehead atoms. The minimum atomic E-state index is -0.826. The normalized spacial score (nSPS) is 13.6. The van der Waals surface area contributed by atoms with Gasteiger partial charge in [0.05, 0.1) is 54.0 Å². The Morgan fingerprint density at radius 3 is 1.33 bits per heavy atom. The number of aryl methyl sites for hydroxylation is 2. The van der Waals surface area contributed by atoms with Crippen LogP contribution in [-0.2, 0) is 14.1 Å². The van der Waals surface area contributed by atoms with Gasteiger partial charge in [-0.15, -0.1) is 0 Å². The van der Waals surface area contributed by atoms with E-state index in [0.717, 1.165) is 50.0 Å². The molecule has 0 saturated carbocycles. The Balaban J connectivity index is 0.000000207. The Morgan fingerprint density at radius 1 is 0.570 bits per heavy atom. The second-order valence-corrected chi connectivity index (χ2v) is 24.2. The second-order valence-electron chi connectivity index (χ2n) is 19.9. The quantitative estimate of drug-likeness (QED) is 0.0415. The number of nitro benzene ring substituents is 2. The van der Waals surface area contributed by atoms with Crippen LogP contribution in [0.15, 0.2) is 124 Å². The Labute approximate surface area is 475 Å². The van der Waals surface area contributed by atoms with Gasteiger partial charge in [0.1, 0.15) is 0 Å². The van der Waals surface area contributed by atoms with E-state index in [1.165, 1.54) is 35.9 Å². The number of nitro groups is 2. The molecule has 2 aliphatic heterocycles. The zero-order chi connectivity index (χ0) is 56.7. The fraction of sp³-hybridized carbons (Fsp3) is 0.271. The summed E-state index contributed by atoms with van der Waals surface area (Å²) in [7, 11) is 17.9. The number of anilines is 4. The number of aliphatic hydroxyl groups excluding tert-OH is 1. The van der Waals surface area contributed by atoms with Gasteiger partial charge in [-0.1, -0.05) is 27.0 Å². The first-order valence-corrected chi connectivity index (χ1v) is 31.5. The molecule has 79 heavy (non-hydrogen) atoms. The molecule has 0 spiro atoms. The van der Waals surface area contributed by atoms with Crippen molar-refractivity contribution in [3.8, 4) is 0 Å². The molecule has 0 amide bonds. The summed E-state index contributed by atoms with van der Waals surface area (Å²) in [5.41, 5.74) is 23.2. The van der Waals surface area contributed by atoms with Crippen molar-refractivity contribution < 1.29 is 15.0 Å². The van der Waals surface area contributed by atoms with E-state index in [1.807, 2.05) is 56.0 Å². The number of nitrogens with two attached hydrogens (primary N) is 2. The molecule has 6 aromatic carbocycles. The fourth-order valence-electron chi connectivity index (χ4n) is 10.3. The molecule has 414 valence electrons. The number of non-ortho nitro benzene ring substituents is 2. The van der Waals surface area contributed by atoms with E-state index in [0.29, 0.717) is 54.9 Å². The first-order valence-electron chi connectivity index (χ1n) is 24.3. The minimum absolute atomic E-state index is 0. The Hall–Kier alpha value is -7.45. The summed E-state index contributed by atoms with van der Waals surface area (Å²) < 4.78 is 4.01. The van der Waals surface area contributed by atoms with Crippen molar-refractivity contribution in [1.82, 2.24) is 14.1 Å². The Morgan fingerprint density at radius 2 is 0.899 bits per heavy atom. The molecule has 0 fully saturated rings. The van der Waals surface area contributed by atoms with E-state index in [-0.39, 0.29) is 60.2 Å². The van der Waals surface area contributed by atoms with Crippen molar-refractivity contribution in [1.29, 1.82) is 0 Å². The van der Waals surface area contributed by atoms with Gasteiger partial charge in [-0.3, -0.25) is 34.6 Å². The Kier molecular flexibility index (Phi) is 19.2. The van der Waals surface area contributed by atoms with E-state index in [9.17, 15) is 34.6 Å². The number of fused-ring (bicyclic) bond motifs is 10. The number of allylic oxidation sites excluding steroid dienone is 2. The summed E-state index contributed by atoms with van der Waals surface area (Å²) >= 11 is -0.826. The molecule has 17 nitrogen and oxygen atoms in total. The van der Waals surface area contributed by atoms with Gasteiger partial charge in [-0.05, 0) is 132 Å². The molecular weight excluding hydrogens is 1150 g/mol. The number of hydrogen-bond donors (Lipinski definition) is 4. The summed E-state index contributed by atoms with van der Waals surface area (Å²) in [5.74, 6) is 0. The maximum absolute atomic E-state index is 13.1. The third-order valence-electron chi connectivity index (χ3n) is 14.3. The first-order chi connectivity index (χ1) is 36.2. The van der Waals surface area contributed by atoms with E-state index in [4.69, 9.17) is 34.4 Å². The molecule has 5 heterocycles. The molecular formula is C59H67Cl2N9O8Sn. The maximum atomic E-state index is 13.1. The summed E-state index contributed by atoms with van der Waals surface area (Å²) in [5, 5.41) is 33.0. The standard InChI is InChI=1S/C21H21N3O3.C21H23N3O.C13H9N3O3.C2H6O.2CH4.2ClH.Sn/c1-12-11-21(2,3)23(5)16-9-8-15-19(18(12)16)22(4)17-10-13(24(26)27)6-7-14(17)20(15)25;1-12-11-21(2,3)24(5)16-9-8-15-19(18(12)16)23(4)17-10-13(22)6-7-14(17)20(15)25;14-7-1-3-9-11(5-7)15-12-6-8(16(18)19)2-4-10(12)13(9)17;1-2-3;;;;;/h6-11H,1-5H3;6-11H,22H2,1-5H3;1-6H,14H2,(H,15,17);3H,2H2,1H3;2*1H4;2*1H;/q;;;;;;;;+2/p-2. The van der Waals surface area contributed by atoms with Crippen molar-refractivity contribution in [2.75, 3.05) is 42.0 Å². The van der Waals surface area contributed by atoms with Gasteiger partial charge in [-0.25, -0.2) is 0 Å². The number of benzene rings is 6. The van der Waals surface area contributed by atoms with Crippen LogP contribution in [0.25, 0.3) is 76.6 Å². The third kappa shape index (κ3) is 11.7. The van der Waals surface area contributed by atoms with Gasteiger partial charge in [0, 0.05) is 125 Å². The first kappa shape index (κ1) is 62.4. The van der Waals surface area contributed by atoms with Gasteiger partial charge in [0.15, 0.2) is 16.3 Å². The number of aromatic amines is 1.